The largest absolute Gasteiger partial charge is 0.497 e. The van der Waals surface area contributed by atoms with Crippen LogP contribution in [0.15, 0.2) is 54.6 Å². The number of carbonyl (C=O) groups is 2. The first kappa shape index (κ1) is 13.6. The molecule has 0 aromatic heterocycles. The van der Waals surface area contributed by atoms with Crippen LogP contribution in [0.5, 0.6) is 5.75 Å². The molecular formula is C17H12O3. The Hall–Kier alpha value is -2.86. The number of benzene rings is 2. The summed E-state index contributed by atoms with van der Waals surface area (Å²) in [6, 6.07) is 15.3. The molecule has 0 saturated carbocycles. The van der Waals surface area contributed by atoms with Gasteiger partial charge in [0.1, 0.15) is 5.75 Å². The molecule has 20 heavy (non-hydrogen) atoms. The molecule has 98 valence electrons. The normalized spacial score (nSPS) is 9.25. The highest BCUT2D eigenvalue weighted by atomic mass is 16.5. The smallest absolute Gasteiger partial charge is 0.276 e. The van der Waals surface area contributed by atoms with Gasteiger partial charge in [0.25, 0.3) is 5.78 Å². The fourth-order valence-electron chi connectivity index (χ4n) is 1.58. The molecule has 0 N–H and O–H groups in total. The van der Waals surface area contributed by atoms with E-state index in [-0.39, 0.29) is 0 Å². The third kappa shape index (κ3) is 3.33. The number of hydrogen-bond acceptors (Lipinski definition) is 3. The molecule has 0 amide bonds. The molecule has 2 aromatic rings. The van der Waals surface area contributed by atoms with Gasteiger partial charge in [0, 0.05) is 11.1 Å². The fraction of sp³-hybridized carbons (Fsp3) is 0.0588. The second kappa shape index (κ2) is 6.35. The van der Waals surface area contributed by atoms with Gasteiger partial charge in [-0.05, 0) is 30.2 Å². The van der Waals surface area contributed by atoms with E-state index >= 15 is 0 Å². The number of carbonyl (C=O) groups excluding carboxylic acids is 2. The lowest BCUT2D eigenvalue weighted by Gasteiger charge is -1.97. The lowest BCUT2D eigenvalue weighted by molar-refractivity contribution is -0.110. The van der Waals surface area contributed by atoms with Gasteiger partial charge in [-0.15, -0.1) is 0 Å². The van der Waals surface area contributed by atoms with Crippen LogP contribution >= 0.6 is 0 Å². The van der Waals surface area contributed by atoms with Crippen LogP contribution in [-0.2, 0) is 4.79 Å². The van der Waals surface area contributed by atoms with Crippen molar-refractivity contribution in [3.63, 3.8) is 0 Å². The summed E-state index contributed by atoms with van der Waals surface area (Å²) >= 11 is 0. The molecule has 0 fully saturated rings. The zero-order chi connectivity index (χ0) is 14.4. The number of ketones is 2. The van der Waals surface area contributed by atoms with Crippen molar-refractivity contribution < 1.29 is 14.3 Å². The first-order valence-electron chi connectivity index (χ1n) is 6.00. The molecule has 0 spiro atoms. The fourth-order valence-corrected chi connectivity index (χ4v) is 1.58. The van der Waals surface area contributed by atoms with Crippen LogP contribution in [0.3, 0.4) is 0 Å². The van der Waals surface area contributed by atoms with Gasteiger partial charge in [-0.1, -0.05) is 36.3 Å². The van der Waals surface area contributed by atoms with Crippen molar-refractivity contribution >= 4 is 11.6 Å². The quantitative estimate of drug-likeness (QED) is 0.486. The minimum absolute atomic E-state index is 0.349. The Morgan fingerprint density at radius 3 is 2.20 bits per heavy atom. The molecule has 0 aliphatic heterocycles. The molecule has 0 unspecified atom stereocenters. The Labute approximate surface area is 117 Å². The highest BCUT2D eigenvalue weighted by molar-refractivity contribution is 6.49. The van der Waals surface area contributed by atoms with Crippen molar-refractivity contribution in [2.24, 2.45) is 0 Å². The van der Waals surface area contributed by atoms with Gasteiger partial charge < -0.3 is 4.74 Å². The summed E-state index contributed by atoms with van der Waals surface area (Å²) in [7, 11) is 1.57. The Bertz CT molecular complexity index is 674. The zero-order valence-electron chi connectivity index (χ0n) is 10.9. The van der Waals surface area contributed by atoms with Crippen molar-refractivity contribution in [3.05, 3.63) is 65.7 Å². The average molecular weight is 264 g/mol. The number of hydrogen-bond donors (Lipinski definition) is 0. The van der Waals surface area contributed by atoms with E-state index < -0.39 is 11.6 Å². The molecule has 0 saturated heterocycles. The van der Waals surface area contributed by atoms with Crippen LogP contribution in [0.2, 0.25) is 0 Å². The summed E-state index contributed by atoms with van der Waals surface area (Å²) < 4.78 is 5.02. The van der Waals surface area contributed by atoms with Crippen molar-refractivity contribution in [1.82, 2.24) is 0 Å². The summed E-state index contributed by atoms with van der Waals surface area (Å²) in [5.74, 6) is 4.43. The Morgan fingerprint density at radius 2 is 1.60 bits per heavy atom. The first-order chi connectivity index (χ1) is 9.70. The Balaban J connectivity index is 2.12. The van der Waals surface area contributed by atoms with E-state index in [0.717, 1.165) is 0 Å². The first-order valence-corrected chi connectivity index (χ1v) is 6.00. The predicted octanol–water partition coefficient (Wildman–Crippen LogP) is 2.50. The molecule has 3 nitrogen and oxygen atoms in total. The maximum absolute atomic E-state index is 11.8. The second-order valence-electron chi connectivity index (χ2n) is 4.00. The highest BCUT2D eigenvalue weighted by Gasteiger charge is 2.12. The molecule has 2 aromatic carbocycles. The Kier molecular flexibility index (Phi) is 4.31. The second-order valence-corrected chi connectivity index (χ2v) is 4.00. The van der Waals surface area contributed by atoms with Gasteiger partial charge in [-0.3, -0.25) is 9.59 Å². The van der Waals surface area contributed by atoms with Crippen molar-refractivity contribution in [3.8, 4) is 17.6 Å². The van der Waals surface area contributed by atoms with E-state index in [1.807, 2.05) is 0 Å². The van der Waals surface area contributed by atoms with Crippen LogP contribution < -0.4 is 4.74 Å². The standard InChI is InChI=1S/C17H12O3/c1-20-15-10-7-13(8-11-15)9-12-16(18)17(19)14-5-3-2-4-6-14/h2-8,10-11H,1H3. The van der Waals surface area contributed by atoms with Gasteiger partial charge >= 0.3 is 0 Å². The van der Waals surface area contributed by atoms with Crippen molar-refractivity contribution in [1.29, 1.82) is 0 Å². The molecule has 0 atom stereocenters. The molecular weight excluding hydrogens is 252 g/mol. The molecule has 0 aliphatic rings. The lowest BCUT2D eigenvalue weighted by Crippen LogP contribution is -2.11. The van der Waals surface area contributed by atoms with Crippen LogP contribution in [-0.4, -0.2) is 18.7 Å². The minimum atomic E-state index is -0.716. The third-order valence-corrected chi connectivity index (χ3v) is 2.65. The number of methoxy groups -OCH3 is 1. The topological polar surface area (TPSA) is 43.4 Å². The molecule has 0 aliphatic carbocycles. The monoisotopic (exact) mass is 264 g/mol. The summed E-state index contributed by atoms with van der Waals surface area (Å²) in [5.41, 5.74) is 1.00. The summed E-state index contributed by atoms with van der Waals surface area (Å²) in [6.07, 6.45) is 0. The number of ether oxygens (including phenoxy) is 1. The maximum Gasteiger partial charge on any atom is 0.276 e. The molecule has 0 radical (unpaired) electrons. The van der Waals surface area contributed by atoms with Gasteiger partial charge in [0.2, 0.25) is 5.78 Å². The van der Waals surface area contributed by atoms with Crippen LogP contribution in [0, 0.1) is 11.8 Å². The van der Waals surface area contributed by atoms with Crippen molar-refractivity contribution in [2.45, 2.75) is 0 Å². The highest BCUT2D eigenvalue weighted by Crippen LogP contribution is 2.10. The van der Waals surface area contributed by atoms with E-state index in [9.17, 15) is 9.59 Å². The lowest BCUT2D eigenvalue weighted by atomic mass is 10.1. The van der Waals surface area contributed by atoms with Gasteiger partial charge in [-0.2, -0.15) is 0 Å². The number of Topliss-reactive ketones (excluding diaryl/α,β-unsaturated/α-hetero) is 2. The zero-order valence-corrected chi connectivity index (χ0v) is 10.9. The summed E-state index contributed by atoms with van der Waals surface area (Å²) in [4.78, 5) is 23.5. The average Bonchev–Trinajstić information content (AvgIpc) is 2.53. The third-order valence-electron chi connectivity index (χ3n) is 2.65. The van der Waals surface area contributed by atoms with Gasteiger partial charge in [0.15, 0.2) is 0 Å². The summed E-state index contributed by atoms with van der Waals surface area (Å²) in [5, 5.41) is 0. The summed E-state index contributed by atoms with van der Waals surface area (Å²) in [6.45, 7) is 0. The SMILES string of the molecule is COc1ccc(C#CC(=O)C(=O)c2ccccc2)cc1. The van der Waals surface area contributed by atoms with Crippen molar-refractivity contribution in [2.75, 3.05) is 7.11 Å². The number of rotatable bonds is 3. The van der Waals surface area contributed by atoms with E-state index in [1.165, 1.54) is 0 Å². The minimum Gasteiger partial charge on any atom is -0.497 e. The van der Waals surface area contributed by atoms with E-state index in [1.54, 1.807) is 61.7 Å². The van der Waals surface area contributed by atoms with E-state index in [2.05, 4.69) is 11.8 Å². The molecule has 3 heteroatoms. The van der Waals surface area contributed by atoms with Gasteiger partial charge in [-0.25, -0.2) is 0 Å². The molecule has 0 heterocycles. The van der Waals surface area contributed by atoms with E-state index in [0.29, 0.717) is 16.9 Å². The van der Waals surface area contributed by atoms with E-state index in [4.69, 9.17) is 4.74 Å². The predicted molar refractivity (Wildman–Crippen MR) is 75.7 cm³/mol. The Morgan fingerprint density at radius 1 is 0.950 bits per heavy atom. The maximum atomic E-state index is 11.8. The van der Waals surface area contributed by atoms with Crippen LogP contribution in [0.25, 0.3) is 0 Å². The van der Waals surface area contributed by atoms with Crippen LogP contribution in [0.4, 0.5) is 0 Å². The van der Waals surface area contributed by atoms with Crippen LogP contribution in [0.1, 0.15) is 15.9 Å². The van der Waals surface area contributed by atoms with Gasteiger partial charge in [0.05, 0.1) is 7.11 Å². The molecule has 2 rings (SSSR count). The molecule has 0 bridgehead atoms.